The van der Waals surface area contributed by atoms with Crippen LogP contribution in [0.1, 0.15) is 44.9 Å². The van der Waals surface area contributed by atoms with Gasteiger partial charge in [-0.2, -0.15) is 0 Å². The van der Waals surface area contributed by atoms with Crippen LogP contribution in [0.4, 0.5) is 0 Å². The number of hydrogen-bond acceptors (Lipinski definition) is 4. The third-order valence-corrected chi connectivity index (χ3v) is 4.03. The van der Waals surface area contributed by atoms with Gasteiger partial charge < -0.3 is 19.9 Å². The van der Waals surface area contributed by atoms with Crippen molar-refractivity contribution in [2.24, 2.45) is 0 Å². The zero-order chi connectivity index (χ0) is 14.4. The maximum Gasteiger partial charge on any atom is 0.305 e. The molecule has 6 heteroatoms. The van der Waals surface area contributed by atoms with Crippen molar-refractivity contribution in [3.63, 3.8) is 0 Å². The Kier molecular flexibility index (Phi) is 5.37. The van der Waals surface area contributed by atoms with Crippen LogP contribution in [0.15, 0.2) is 0 Å². The summed E-state index contributed by atoms with van der Waals surface area (Å²) < 4.78 is 10.8. The highest BCUT2D eigenvalue weighted by Gasteiger charge is 2.36. The van der Waals surface area contributed by atoms with Crippen LogP contribution in [0.3, 0.4) is 0 Å². The predicted octanol–water partition coefficient (Wildman–Crippen LogP) is 1.09. The topological polar surface area (TPSA) is 84.9 Å². The summed E-state index contributed by atoms with van der Waals surface area (Å²) in [5.41, 5.74) is -0.657. The number of carbonyl (C=O) groups excluding carboxylic acids is 1. The van der Waals surface area contributed by atoms with E-state index in [1.165, 1.54) is 0 Å². The summed E-state index contributed by atoms with van der Waals surface area (Å²) in [6.45, 7) is 1.70. The molecule has 2 heterocycles. The monoisotopic (exact) mass is 285 g/mol. The van der Waals surface area contributed by atoms with Crippen LogP contribution in [-0.4, -0.2) is 48.4 Å². The summed E-state index contributed by atoms with van der Waals surface area (Å²) in [6.07, 6.45) is 4.40. The normalized spacial score (nSPS) is 25.9. The molecule has 1 amide bonds. The molecular formula is C14H23NO5. The molecule has 0 saturated carbocycles. The molecule has 0 spiro atoms. The highest BCUT2D eigenvalue weighted by Crippen LogP contribution is 2.25. The summed E-state index contributed by atoms with van der Waals surface area (Å²) >= 11 is 0. The third-order valence-electron chi connectivity index (χ3n) is 4.03. The fourth-order valence-electron chi connectivity index (χ4n) is 2.92. The maximum absolute atomic E-state index is 12.1. The molecule has 0 aliphatic carbocycles. The van der Waals surface area contributed by atoms with E-state index >= 15 is 0 Å². The first-order valence-corrected chi connectivity index (χ1v) is 7.32. The quantitative estimate of drug-likeness (QED) is 0.789. The molecule has 0 bridgehead atoms. The fourth-order valence-corrected chi connectivity index (χ4v) is 2.92. The SMILES string of the molecule is O=C(O)CC1(NC(=O)CC2CCCCO2)CCOCC1. The standard InChI is InChI=1S/C14H23NO5/c16-12(9-11-3-1-2-6-20-11)15-14(10-13(17)18)4-7-19-8-5-14/h11H,1-10H2,(H,15,16)(H,17,18). The summed E-state index contributed by atoms with van der Waals surface area (Å²) in [7, 11) is 0. The van der Waals surface area contributed by atoms with Gasteiger partial charge in [0.2, 0.25) is 5.91 Å². The van der Waals surface area contributed by atoms with Gasteiger partial charge in [0.05, 0.1) is 24.5 Å². The Morgan fingerprint density at radius 1 is 1.20 bits per heavy atom. The van der Waals surface area contributed by atoms with Crippen molar-refractivity contribution in [3.05, 3.63) is 0 Å². The molecule has 114 valence electrons. The highest BCUT2D eigenvalue weighted by molar-refractivity contribution is 5.78. The zero-order valence-corrected chi connectivity index (χ0v) is 11.7. The number of nitrogens with one attached hydrogen (secondary N) is 1. The number of aliphatic carboxylic acids is 1. The van der Waals surface area contributed by atoms with Gasteiger partial charge in [-0.3, -0.25) is 9.59 Å². The second kappa shape index (κ2) is 7.04. The number of ether oxygens (including phenoxy) is 2. The highest BCUT2D eigenvalue weighted by atomic mass is 16.5. The molecular weight excluding hydrogens is 262 g/mol. The van der Waals surface area contributed by atoms with Crippen LogP contribution in [0, 0.1) is 0 Å². The number of hydrogen-bond donors (Lipinski definition) is 2. The lowest BCUT2D eigenvalue weighted by Gasteiger charge is -2.37. The average Bonchev–Trinajstić information content (AvgIpc) is 2.39. The number of rotatable bonds is 5. The minimum atomic E-state index is -0.888. The van der Waals surface area contributed by atoms with Crippen LogP contribution in [0.5, 0.6) is 0 Å². The minimum absolute atomic E-state index is 0.0227. The second-order valence-corrected chi connectivity index (χ2v) is 5.70. The van der Waals surface area contributed by atoms with Crippen LogP contribution in [-0.2, 0) is 19.1 Å². The van der Waals surface area contributed by atoms with E-state index in [-0.39, 0.29) is 18.4 Å². The molecule has 1 unspecified atom stereocenters. The lowest BCUT2D eigenvalue weighted by atomic mass is 9.86. The Hall–Kier alpha value is -1.14. The summed E-state index contributed by atoms with van der Waals surface area (Å²) in [6, 6.07) is 0. The van der Waals surface area contributed by atoms with Gasteiger partial charge in [0.15, 0.2) is 0 Å². The van der Waals surface area contributed by atoms with E-state index in [4.69, 9.17) is 14.6 Å². The Labute approximate surface area is 118 Å². The molecule has 0 aromatic rings. The van der Waals surface area contributed by atoms with Gasteiger partial charge >= 0.3 is 5.97 Å². The molecule has 2 aliphatic heterocycles. The third kappa shape index (κ3) is 4.45. The van der Waals surface area contributed by atoms with E-state index < -0.39 is 11.5 Å². The summed E-state index contributed by atoms with van der Waals surface area (Å²) in [5.74, 6) is -0.999. The molecule has 0 radical (unpaired) electrons. The van der Waals surface area contributed by atoms with Crippen molar-refractivity contribution in [2.45, 2.75) is 56.6 Å². The number of amides is 1. The van der Waals surface area contributed by atoms with E-state index in [9.17, 15) is 9.59 Å². The molecule has 2 rings (SSSR count). The van der Waals surface area contributed by atoms with E-state index in [1.54, 1.807) is 0 Å². The molecule has 2 saturated heterocycles. The van der Waals surface area contributed by atoms with E-state index in [0.29, 0.717) is 39.1 Å². The number of carbonyl (C=O) groups is 2. The zero-order valence-electron chi connectivity index (χ0n) is 11.7. The number of carboxylic acids is 1. The molecule has 0 aromatic carbocycles. The first kappa shape index (κ1) is 15.3. The second-order valence-electron chi connectivity index (χ2n) is 5.70. The summed E-state index contributed by atoms with van der Waals surface area (Å²) in [5, 5.41) is 12.0. The van der Waals surface area contributed by atoms with Gasteiger partial charge in [-0.15, -0.1) is 0 Å². The molecule has 20 heavy (non-hydrogen) atoms. The van der Waals surface area contributed by atoms with Gasteiger partial charge in [0, 0.05) is 19.8 Å². The van der Waals surface area contributed by atoms with Crippen LogP contribution < -0.4 is 5.32 Å². The fraction of sp³-hybridized carbons (Fsp3) is 0.857. The van der Waals surface area contributed by atoms with Crippen molar-refractivity contribution in [1.82, 2.24) is 5.32 Å². The van der Waals surface area contributed by atoms with Gasteiger partial charge in [0.1, 0.15) is 0 Å². The molecule has 0 aromatic heterocycles. The minimum Gasteiger partial charge on any atom is -0.481 e. The van der Waals surface area contributed by atoms with Gasteiger partial charge in [-0.1, -0.05) is 0 Å². The van der Waals surface area contributed by atoms with Crippen LogP contribution >= 0.6 is 0 Å². The largest absolute Gasteiger partial charge is 0.481 e. The molecule has 2 aliphatic rings. The predicted molar refractivity (Wildman–Crippen MR) is 71.4 cm³/mol. The lowest BCUT2D eigenvalue weighted by molar-refractivity contribution is -0.140. The summed E-state index contributed by atoms with van der Waals surface area (Å²) in [4.78, 5) is 23.2. The van der Waals surface area contributed by atoms with E-state index in [2.05, 4.69) is 5.32 Å². The van der Waals surface area contributed by atoms with E-state index in [1.807, 2.05) is 0 Å². The molecule has 2 fully saturated rings. The Bertz CT molecular complexity index is 345. The smallest absolute Gasteiger partial charge is 0.305 e. The maximum atomic E-state index is 12.1. The van der Waals surface area contributed by atoms with Crippen LogP contribution in [0.25, 0.3) is 0 Å². The van der Waals surface area contributed by atoms with Crippen molar-refractivity contribution in [3.8, 4) is 0 Å². The van der Waals surface area contributed by atoms with Crippen molar-refractivity contribution in [2.75, 3.05) is 19.8 Å². The first-order valence-electron chi connectivity index (χ1n) is 7.32. The van der Waals surface area contributed by atoms with Crippen molar-refractivity contribution >= 4 is 11.9 Å². The Morgan fingerprint density at radius 2 is 1.95 bits per heavy atom. The van der Waals surface area contributed by atoms with Gasteiger partial charge in [-0.05, 0) is 32.1 Å². The Morgan fingerprint density at radius 3 is 2.55 bits per heavy atom. The van der Waals surface area contributed by atoms with Crippen LogP contribution in [0.2, 0.25) is 0 Å². The van der Waals surface area contributed by atoms with Crippen molar-refractivity contribution < 1.29 is 24.2 Å². The van der Waals surface area contributed by atoms with Gasteiger partial charge in [0.25, 0.3) is 0 Å². The van der Waals surface area contributed by atoms with Gasteiger partial charge in [-0.25, -0.2) is 0 Å². The molecule has 1 atom stereocenters. The van der Waals surface area contributed by atoms with E-state index in [0.717, 1.165) is 19.3 Å². The molecule has 6 nitrogen and oxygen atoms in total. The average molecular weight is 285 g/mol. The Balaban J connectivity index is 1.89. The first-order chi connectivity index (χ1) is 9.60. The number of carboxylic acid groups (broad SMARTS) is 1. The molecule has 2 N–H and O–H groups in total. The van der Waals surface area contributed by atoms with Crippen molar-refractivity contribution in [1.29, 1.82) is 0 Å². The lowest BCUT2D eigenvalue weighted by Crippen LogP contribution is -2.53.